The van der Waals surface area contributed by atoms with Crippen molar-refractivity contribution in [1.29, 1.82) is 0 Å². The van der Waals surface area contributed by atoms with Crippen LogP contribution in [0.1, 0.15) is 29.6 Å². The predicted molar refractivity (Wildman–Crippen MR) is 79.9 cm³/mol. The maximum absolute atomic E-state index is 13.7. The molecule has 2 amide bonds. The van der Waals surface area contributed by atoms with Crippen LogP contribution >= 0.6 is 0 Å². The maximum Gasteiger partial charge on any atom is 0.256 e. The summed E-state index contributed by atoms with van der Waals surface area (Å²) in [6, 6.07) is 1.59. The van der Waals surface area contributed by atoms with Gasteiger partial charge in [-0.15, -0.1) is 0 Å². The van der Waals surface area contributed by atoms with Crippen molar-refractivity contribution >= 4 is 11.8 Å². The molecule has 132 valence electrons. The molecule has 0 saturated carbocycles. The van der Waals surface area contributed by atoms with E-state index in [0.29, 0.717) is 32.5 Å². The molecule has 0 radical (unpaired) electrons. The van der Waals surface area contributed by atoms with Crippen LogP contribution in [-0.2, 0) is 9.53 Å². The van der Waals surface area contributed by atoms with Crippen molar-refractivity contribution in [3.63, 3.8) is 0 Å². The first-order valence-electron chi connectivity index (χ1n) is 7.65. The smallest absolute Gasteiger partial charge is 0.256 e. The number of hydrogen-bond donors (Lipinski definition) is 1. The first kappa shape index (κ1) is 18.3. The van der Waals surface area contributed by atoms with E-state index in [-0.39, 0.29) is 18.4 Å². The summed E-state index contributed by atoms with van der Waals surface area (Å²) >= 11 is 0. The third-order valence-corrected chi connectivity index (χ3v) is 3.95. The first-order chi connectivity index (χ1) is 11.4. The number of nitrogens with zero attached hydrogens (tertiary/aromatic N) is 1. The van der Waals surface area contributed by atoms with Crippen molar-refractivity contribution in [2.24, 2.45) is 0 Å². The van der Waals surface area contributed by atoms with Gasteiger partial charge < -0.3 is 15.0 Å². The molecule has 1 aliphatic heterocycles. The summed E-state index contributed by atoms with van der Waals surface area (Å²) in [5.41, 5.74) is -0.489. The largest absolute Gasteiger partial charge is 0.384 e. The number of methoxy groups -OCH3 is 1. The second-order valence-corrected chi connectivity index (χ2v) is 5.60. The molecule has 0 aliphatic carbocycles. The fraction of sp³-hybridized carbons (Fsp3) is 0.500. The maximum atomic E-state index is 13.7. The van der Waals surface area contributed by atoms with Crippen molar-refractivity contribution in [3.8, 4) is 0 Å². The Bertz CT molecular complexity index is 617. The van der Waals surface area contributed by atoms with Gasteiger partial charge in [0.1, 0.15) is 0 Å². The van der Waals surface area contributed by atoms with Gasteiger partial charge in [0.15, 0.2) is 17.5 Å². The summed E-state index contributed by atoms with van der Waals surface area (Å²) in [6.07, 6.45) is 1.28. The molecule has 2 rings (SSSR count). The number of piperidine rings is 1. The molecular weight excluding hydrogens is 325 g/mol. The molecule has 1 N–H and O–H groups in total. The SMILES string of the molecule is COCCC(=O)NC1CCN(C(=O)c2ccc(F)c(F)c2F)CC1. The third kappa shape index (κ3) is 4.25. The number of likely N-dealkylation sites (tertiary alicyclic amines) is 1. The summed E-state index contributed by atoms with van der Waals surface area (Å²) in [7, 11) is 1.51. The molecule has 1 aliphatic rings. The highest BCUT2D eigenvalue weighted by atomic mass is 19.2. The molecule has 5 nitrogen and oxygen atoms in total. The minimum Gasteiger partial charge on any atom is -0.384 e. The van der Waals surface area contributed by atoms with E-state index in [9.17, 15) is 22.8 Å². The van der Waals surface area contributed by atoms with Gasteiger partial charge in [0, 0.05) is 32.7 Å². The summed E-state index contributed by atoms with van der Waals surface area (Å²) in [4.78, 5) is 25.2. The molecule has 0 unspecified atom stereocenters. The predicted octanol–water partition coefficient (Wildman–Crippen LogP) is 1.86. The van der Waals surface area contributed by atoms with Gasteiger partial charge in [-0.1, -0.05) is 0 Å². The number of benzene rings is 1. The number of ether oxygens (including phenoxy) is 1. The minimum atomic E-state index is -1.65. The molecule has 1 heterocycles. The number of nitrogens with one attached hydrogen (secondary N) is 1. The Morgan fingerprint density at radius 3 is 2.50 bits per heavy atom. The number of rotatable bonds is 5. The summed E-state index contributed by atoms with van der Waals surface area (Å²) in [6.45, 7) is 0.928. The number of carbonyl (C=O) groups excluding carboxylic acids is 2. The monoisotopic (exact) mass is 344 g/mol. The van der Waals surface area contributed by atoms with Crippen LogP contribution in [0.4, 0.5) is 13.2 Å². The molecule has 1 aromatic rings. The molecule has 0 bridgehead atoms. The van der Waals surface area contributed by atoms with E-state index >= 15 is 0 Å². The first-order valence-corrected chi connectivity index (χ1v) is 7.65. The zero-order valence-corrected chi connectivity index (χ0v) is 13.3. The van der Waals surface area contributed by atoms with Crippen molar-refractivity contribution in [1.82, 2.24) is 10.2 Å². The molecule has 24 heavy (non-hydrogen) atoms. The number of carbonyl (C=O) groups is 2. The Balaban J connectivity index is 1.91. The quantitative estimate of drug-likeness (QED) is 0.830. The normalized spacial score (nSPS) is 15.4. The van der Waals surface area contributed by atoms with Crippen molar-refractivity contribution in [2.75, 3.05) is 26.8 Å². The van der Waals surface area contributed by atoms with Gasteiger partial charge >= 0.3 is 0 Å². The van der Waals surface area contributed by atoms with Crippen molar-refractivity contribution in [3.05, 3.63) is 35.1 Å². The fourth-order valence-electron chi connectivity index (χ4n) is 2.58. The van der Waals surface area contributed by atoms with Gasteiger partial charge in [0.05, 0.1) is 12.2 Å². The topological polar surface area (TPSA) is 58.6 Å². The average molecular weight is 344 g/mol. The van der Waals surface area contributed by atoms with E-state index in [1.807, 2.05) is 0 Å². The lowest BCUT2D eigenvalue weighted by Crippen LogP contribution is -2.46. The van der Waals surface area contributed by atoms with Crippen LogP contribution in [0, 0.1) is 17.5 Å². The molecular formula is C16H19F3N2O3. The van der Waals surface area contributed by atoms with E-state index in [0.717, 1.165) is 12.1 Å². The van der Waals surface area contributed by atoms with E-state index in [4.69, 9.17) is 4.74 Å². The third-order valence-electron chi connectivity index (χ3n) is 3.95. The van der Waals surface area contributed by atoms with Gasteiger partial charge in [-0.05, 0) is 25.0 Å². The Labute approximate surface area is 137 Å². The zero-order chi connectivity index (χ0) is 17.7. The van der Waals surface area contributed by atoms with E-state index in [1.54, 1.807) is 0 Å². The lowest BCUT2D eigenvalue weighted by molar-refractivity contribution is -0.122. The Kier molecular flexibility index (Phi) is 6.19. The van der Waals surface area contributed by atoms with Gasteiger partial charge in [-0.2, -0.15) is 0 Å². The Morgan fingerprint density at radius 1 is 1.21 bits per heavy atom. The number of hydrogen-bond acceptors (Lipinski definition) is 3. The fourth-order valence-corrected chi connectivity index (χ4v) is 2.58. The number of halogens is 3. The summed E-state index contributed by atoms with van der Waals surface area (Å²) in [5.74, 6) is -5.28. The minimum absolute atomic E-state index is 0.0757. The van der Waals surface area contributed by atoms with Crippen LogP contribution < -0.4 is 5.32 Å². The second-order valence-electron chi connectivity index (χ2n) is 5.60. The summed E-state index contributed by atoms with van der Waals surface area (Å²) < 4.78 is 44.7. The van der Waals surface area contributed by atoms with Gasteiger partial charge in [-0.25, -0.2) is 13.2 Å². The lowest BCUT2D eigenvalue weighted by Gasteiger charge is -2.32. The Morgan fingerprint density at radius 2 is 1.88 bits per heavy atom. The van der Waals surface area contributed by atoms with E-state index < -0.39 is 28.9 Å². The molecule has 1 saturated heterocycles. The van der Waals surface area contributed by atoms with E-state index in [2.05, 4.69) is 5.32 Å². The van der Waals surface area contributed by atoms with Crippen LogP contribution in [0.15, 0.2) is 12.1 Å². The molecule has 1 aromatic carbocycles. The van der Waals surface area contributed by atoms with Crippen molar-refractivity contribution in [2.45, 2.75) is 25.3 Å². The van der Waals surface area contributed by atoms with Gasteiger partial charge in [-0.3, -0.25) is 9.59 Å². The Hall–Kier alpha value is -2.09. The molecule has 0 spiro atoms. The highest BCUT2D eigenvalue weighted by Gasteiger charge is 2.27. The van der Waals surface area contributed by atoms with Crippen LogP contribution in [0.25, 0.3) is 0 Å². The van der Waals surface area contributed by atoms with Crippen molar-refractivity contribution < 1.29 is 27.5 Å². The summed E-state index contributed by atoms with van der Waals surface area (Å²) in [5, 5.41) is 2.84. The van der Waals surface area contributed by atoms with Crippen LogP contribution in [-0.4, -0.2) is 49.6 Å². The molecule has 0 aromatic heterocycles. The van der Waals surface area contributed by atoms with Crippen LogP contribution in [0.3, 0.4) is 0 Å². The zero-order valence-electron chi connectivity index (χ0n) is 13.3. The van der Waals surface area contributed by atoms with E-state index in [1.165, 1.54) is 12.0 Å². The average Bonchev–Trinajstić information content (AvgIpc) is 2.58. The lowest BCUT2D eigenvalue weighted by atomic mass is 10.0. The molecule has 8 heteroatoms. The standard InChI is InChI=1S/C16H19F3N2O3/c1-24-9-6-13(22)20-10-4-7-21(8-5-10)16(23)11-2-3-12(17)15(19)14(11)18/h2-3,10H,4-9H2,1H3,(H,20,22). The number of amides is 2. The van der Waals surface area contributed by atoms with Gasteiger partial charge in [0.25, 0.3) is 5.91 Å². The highest BCUT2D eigenvalue weighted by Crippen LogP contribution is 2.19. The molecule has 1 fully saturated rings. The highest BCUT2D eigenvalue weighted by molar-refractivity contribution is 5.94. The second kappa shape index (κ2) is 8.14. The van der Waals surface area contributed by atoms with Crippen LogP contribution in [0.2, 0.25) is 0 Å². The molecule has 0 atom stereocenters. The van der Waals surface area contributed by atoms with Crippen LogP contribution in [0.5, 0.6) is 0 Å². The van der Waals surface area contributed by atoms with Gasteiger partial charge in [0.2, 0.25) is 5.91 Å².